The van der Waals surface area contributed by atoms with Crippen LogP contribution in [-0.2, 0) is 23.9 Å². The highest BCUT2D eigenvalue weighted by atomic mass is 16.5. The summed E-state index contributed by atoms with van der Waals surface area (Å²) in [6, 6.07) is 7.58. The van der Waals surface area contributed by atoms with Gasteiger partial charge in [-0.1, -0.05) is 43.0 Å². The highest BCUT2D eigenvalue weighted by Crippen LogP contribution is 2.02. The molecule has 0 fully saturated rings. The molecule has 1 amide bonds. The number of rotatable bonds is 10. The van der Waals surface area contributed by atoms with Crippen molar-refractivity contribution < 1.29 is 33.8 Å². The summed E-state index contributed by atoms with van der Waals surface area (Å²) < 4.78 is 9.41. The van der Waals surface area contributed by atoms with E-state index in [-0.39, 0.29) is 6.61 Å². The number of amides is 1. The van der Waals surface area contributed by atoms with Crippen LogP contribution in [0.1, 0.15) is 12.0 Å². The van der Waals surface area contributed by atoms with Gasteiger partial charge in [0.05, 0.1) is 6.42 Å². The summed E-state index contributed by atoms with van der Waals surface area (Å²) in [4.78, 5) is 45.9. The van der Waals surface area contributed by atoms with Gasteiger partial charge in [0, 0.05) is 6.08 Å². The smallest absolute Gasteiger partial charge is 0.408 e. The van der Waals surface area contributed by atoms with Crippen LogP contribution in [0.25, 0.3) is 6.08 Å². The van der Waals surface area contributed by atoms with Crippen LogP contribution in [0, 0.1) is 0 Å². The molecule has 1 aromatic rings. The number of esters is 1. The molecule has 0 bridgehead atoms. The second kappa shape index (κ2) is 11.2. The van der Waals surface area contributed by atoms with Crippen molar-refractivity contribution in [3.05, 3.63) is 54.6 Å². The van der Waals surface area contributed by atoms with Crippen molar-refractivity contribution in [2.24, 2.45) is 0 Å². The topological polar surface area (TPSA) is 119 Å². The Morgan fingerprint density at radius 1 is 1.15 bits per heavy atom. The largest absolute Gasteiger partial charge is 0.481 e. The van der Waals surface area contributed by atoms with Crippen molar-refractivity contribution in [1.29, 1.82) is 0 Å². The van der Waals surface area contributed by atoms with Crippen LogP contribution in [0.5, 0.6) is 0 Å². The quantitative estimate of drug-likeness (QED) is 0.369. The number of aliphatic carboxylic acids is 1. The van der Waals surface area contributed by atoms with Crippen LogP contribution < -0.4 is 5.32 Å². The van der Waals surface area contributed by atoms with Crippen LogP contribution in [-0.4, -0.2) is 48.2 Å². The number of alkyl carbamates (subject to hydrolysis) is 1. The highest BCUT2D eigenvalue weighted by Gasteiger charge is 2.25. The molecule has 0 aromatic heterocycles. The lowest BCUT2D eigenvalue weighted by atomic mass is 10.1. The molecule has 1 aromatic carbocycles. The van der Waals surface area contributed by atoms with Gasteiger partial charge in [0.1, 0.15) is 12.6 Å². The van der Waals surface area contributed by atoms with Gasteiger partial charge in [0.2, 0.25) is 0 Å². The second-order valence-electron chi connectivity index (χ2n) is 5.00. The number of carbonyl (C=O) groups is 4. The number of ketones is 1. The first kappa shape index (κ1) is 20.6. The number of carbonyl (C=O) groups excluding carboxylic acids is 3. The van der Waals surface area contributed by atoms with E-state index < -0.39 is 42.9 Å². The zero-order valence-corrected chi connectivity index (χ0v) is 13.9. The molecule has 0 spiro atoms. The molecule has 26 heavy (non-hydrogen) atoms. The summed E-state index contributed by atoms with van der Waals surface area (Å²) in [5, 5.41) is 10.9. The Morgan fingerprint density at radius 3 is 2.46 bits per heavy atom. The number of carboxylic acids is 1. The van der Waals surface area contributed by atoms with Crippen molar-refractivity contribution >= 4 is 29.9 Å². The molecule has 0 radical (unpaired) electrons. The summed E-state index contributed by atoms with van der Waals surface area (Å²) in [5.41, 5.74) is 0.770. The lowest BCUT2D eigenvalue weighted by Gasteiger charge is -2.15. The lowest BCUT2D eigenvalue weighted by Crippen LogP contribution is -2.44. The number of hydrogen-bond donors (Lipinski definition) is 2. The van der Waals surface area contributed by atoms with Gasteiger partial charge in [-0.3, -0.25) is 9.59 Å². The van der Waals surface area contributed by atoms with Gasteiger partial charge in [-0.15, -0.1) is 0 Å². The Bertz CT molecular complexity index is 682. The standard InChI is InChI=1S/C18H19NO7/c1-2-10-25-18(24)19-14(11-16(21)22)15(20)12-26-17(23)9-8-13-6-4-3-5-7-13/h2-9,14H,1,10-12H2,(H,19,24)(H,21,22)/b9-8+/t14-/m0/s1. The number of carboxylic acid groups (broad SMARTS) is 1. The van der Waals surface area contributed by atoms with Gasteiger partial charge in [-0.25, -0.2) is 9.59 Å². The molecule has 0 aliphatic carbocycles. The van der Waals surface area contributed by atoms with Gasteiger partial charge in [-0.05, 0) is 11.6 Å². The summed E-state index contributed by atoms with van der Waals surface area (Å²) in [6.07, 6.45) is 2.32. The molecule has 1 atom stereocenters. The van der Waals surface area contributed by atoms with Crippen molar-refractivity contribution in [2.75, 3.05) is 13.2 Å². The summed E-state index contributed by atoms with van der Waals surface area (Å²) in [7, 11) is 0. The molecular weight excluding hydrogens is 342 g/mol. The summed E-state index contributed by atoms with van der Waals surface area (Å²) >= 11 is 0. The second-order valence-corrected chi connectivity index (χ2v) is 5.00. The third kappa shape index (κ3) is 8.44. The summed E-state index contributed by atoms with van der Waals surface area (Å²) in [6.45, 7) is 2.57. The fraction of sp³-hybridized carbons (Fsp3) is 0.222. The van der Waals surface area contributed by atoms with Gasteiger partial charge in [0.15, 0.2) is 12.4 Å². The van der Waals surface area contributed by atoms with E-state index >= 15 is 0 Å². The summed E-state index contributed by atoms with van der Waals surface area (Å²) in [5.74, 6) is -2.85. The average molecular weight is 361 g/mol. The third-order valence-electron chi connectivity index (χ3n) is 2.96. The average Bonchev–Trinajstić information content (AvgIpc) is 2.62. The fourth-order valence-corrected chi connectivity index (χ4v) is 1.76. The zero-order chi connectivity index (χ0) is 19.4. The predicted octanol–water partition coefficient (Wildman–Crippen LogP) is 1.57. The molecule has 8 heteroatoms. The van der Waals surface area contributed by atoms with Crippen LogP contribution in [0.2, 0.25) is 0 Å². The van der Waals surface area contributed by atoms with Gasteiger partial charge in [-0.2, -0.15) is 0 Å². The van der Waals surface area contributed by atoms with Crippen LogP contribution >= 0.6 is 0 Å². The minimum absolute atomic E-state index is 0.0981. The van der Waals surface area contributed by atoms with Crippen molar-refractivity contribution in [1.82, 2.24) is 5.32 Å². The molecule has 2 N–H and O–H groups in total. The molecule has 0 aliphatic heterocycles. The first-order chi connectivity index (χ1) is 12.4. The molecule has 0 saturated heterocycles. The van der Waals surface area contributed by atoms with E-state index in [1.54, 1.807) is 24.3 Å². The Hall–Kier alpha value is -3.42. The van der Waals surface area contributed by atoms with E-state index in [9.17, 15) is 19.2 Å². The number of hydrogen-bond acceptors (Lipinski definition) is 6. The minimum atomic E-state index is -1.38. The normalized spacial score (nSPS) is 11.4. The van der Waals surface area contributed by atoms with E-state index in [0.29, 0.717) is 0 Å². The fourth-order valence-electron chi connectivity index (χ4n) is 1.76. The Morgan fingerprint density at radius 2 is 1.85 bits per heavy atom. The van der Waals surface area contributed by atoms with Crippen LogP contribution in [0.3, 0.4) is 0 Å². The molecule has 0 heterocycles. The van der Waals surface area contributed by atoms with E-state index in [2.05, 4.69) is 16.6 Å². The van der Waals surface area contributed by atoms with Gasteiger partial charge < -0.3 is 19.9 Å². The number of ether oxygens (including phenoxy) is 2. The number of nitrogens with one attached hydrogen (secondary N) is 1. The molecule has 1 rings (SSSR count). The minimum Gasteiger partial charge on any atom is -0.481 e. The maximum absolute atomic E-state index is 12.0. The molecule has 0 unspecified atom stereocenters. The van der Waals surface area contributed by atoms with Crippen molar-refractivity contribution in [3.63, 3.8) is 0 Å². The van der Waals surface area contributed by atoms with Crippen molar-refractivity contribution in [2.45, 2.75) is 12.5 Å². The van der Waals surface area contributed by atoms with E-state index in [1.807, 2.05) is 6.07 Å². The predicted molar refractivity (Wildman–Crippen MR) is 92.2 cm³/mol. The molecule has 0 saturated carbocycles. The first-order valence-corrected chi connectivity index (χ1v) is 7.61. The van der Waals surface area contributed by atoms with Crippen LogP contribution in [0.4, 0.5) is 4.79 Å². The number of Topliss-reactive ketones (excluding diaryl/α,β-unsaturated/α-hetero) is 1. The first-order valence-electron chi connectivity index (χ1n) is 7.61. The van der Waals surface area contributed by atoms with E-state index in [0.717, 1.165) is 11.6 Å². The number of benzene rings is 1. The Labute approximate surface area is 150 Å². The molecule has 138 valence electrons. The molecule has 8 nitrogen and oxygen atoms in total. The monoisotopic (exact) mass is 361 g/mol. The Balaban J connectivity index is 2.55. The van der Waals surface area contributed by atoms with Gasteiger partial charge in [0.25, 0.3) is 0 Å². The zero-order valence-electron chi connectivity index (χ0n) is 13.9. The molecular formula is C18H19NO7. The third-order valence-corrected chi connectivity index (χ3v) is 2.96. The Kier molecular flexibility index (Phi) is 8.88. The lowest BCUT2D eigenvalue weighted by molar-refractivity contribution is -0.145. The van der Waals surface area contributed by atoms with Gasteiger partial charge >= 0.3 is 18.0 Å². The van der Waals surface area contributed by atoms with E-state index in [1.165, 1.54) is 12.2 Å². The maximum atomic E-state index is 12.0. The highest BCUT2D eigenvalue weighted by molar-refractivity contribution is 5.94. The SMILES string of the molecule is C=CCOC(=O)N[C@@H](CC(=O)O)C(=O)COC(=O)/C=C/c1ccccc1. The maximum Gasteiger partial charge on any atom is 0.408 e. The molecule has 0 aliphatic rings. The van der Waals surface area contributed by atoms with Crippen molar-refractivity contribution in [3.8, 4) is 0 Å². The van der Waals surface area contributed by atoms with E-state index in [4.69, 9.17) is 9.84 Å². The van der Waals surface area contributed by atoms with Crippen LogP contribution in [0.15, 0.2) is 49.1 Å².